The molecule has 0 amide bonds. The molecule has 0 aliphatic heterocycles. The van der Waals surface area contributed by atoms with E-state index < -0.39 is 6.10 Å². The third-order valence-corrected chi connectivity index (χ3v) is 2.97. The number of hydrogen-bond acceptors (Lipinski definition) is 3. The maximum atomic E-state index is 9.78. The fourth-order valence-electron chi connectivity index (χ4n) is 2.04. The smallest absolute Gasteiger partial charge is 0.0781 e. The van der Waals surface area contributed by atoms with E-state index in [1.165, 1.54) is 5.56 Å². The summed E-state index contributed by atoms with van der Waals surface area (Å²) in [6.45, 7) is 2.59. The Morgan fingerprint density at radius 2 is 1.83 bits per heavy atom. The van der Waals surface area contributed by atoms with Gasteiger partial charge in [0.25, 0.3) is 0 Å². The molecule has 1 atom stereocenters. The lowest BCUT2D eigenvalue weighted by molar-refractivity contribution is 0.199. The number of aromatic nitrogens is 1. The molecule has 1 N–H and O–H groups in total. The van der Waals surface area contributed by atoms with E-state index in [9.17, 15) is 5.11 Å². The van der Waals surface area contributed by atoms with Gasteiger partial charge in [-0.15, -0.1) is 0 Å². The van der Waals surface area contributed by atoms with Crippen LogP contribution >= 0.6 is 0 Å². The highest BCUT2D eigenvalue weighted by atomic mass is 16.3. The molecule has 1 aromatic carbocycles. The Balaban J connectivity index is 2.21. The molecule has 18 heavy (non-hydrogen) atoms. The van der Waals surface area contributed by atoms with Crippen molar-refractivity contribution in [1.29, 1.82) is 0 Å². The molecule has 1 aromatic heterocycles. The molecule has 0 saturated heterocycles. The minimum absolute atomic E-state index is 0.457. The second-order valence-corrected chi connectivity index (χ2v) is 4.45. The maximum Gasteiger partial charge on any atom is 0.0781 e. The van der Waals surface area contributed by atoms with Crippen LogP contribution in [0.4, 0.5) is 5.69 Å². The van der Waals surface area contributed by atoms with Crippen LogP contribution in [0.5, 0.6) is 0 Å². The minimum atomic E-state index is -0.457. The van der Waals surface area contributed by atoms with Gasteiger partial charge in [0.15, 0.2) is 0 Å². The molecule has 94 valence electrons. The summed E-state index contributed by atoms with van der Waals surface area (Å²) >= 11 is 0. The molecule has 0 aliphatic carbocycles. The van der Waals surface area contributed by atoms with Crippen molar-refractivity contribution in [3.8, 4) is 0 Å². The van der Waals surface area contributed by atoms with Crippen LogP contribution in [0.25, 0.3) is 0 Å². The Hall–Kier alpha value is -1.87. The maximum absolute atomic E-state index is 9.78. The van der Waals surface area contributed by atoms with Crippen LogP contribution in [0.1, 0.15) is 24.2 Å². The Kier molecular flexibility index (Phi) is 3.95. The number of hydrogen-bond donors (Lipinski definition) is 1. The summed E-state index contributed by atoms with van der Waals surface area (Å²) in [4.78, 5) is 6.15. The minimum Gasteiger partial charge on any atom is -0.389 e. The number of pyridine rings is 1. The molecule has 0 saturated carbocycles. The topological polar surface area (TPSA) is 36.4 Å². The third kappa shape index (κ3) is 2.87. The highest BCUT2D eigenvalue weighted by Crippen LogP contribution is 2.26. The van der Waals surface area contributed by atoms with E-state index in [1.54, 1.807) is 19.3 Å². The summed E-state index contributed by atoms with van der Waals surface area (Å²) in [5.41, 5.74) is 3.21. The van der Waals surface area contributed by atoms with Gasteiger partial charge >= 0.3 is 0 Å². The lowest BCUT2D eigenvalue weighted by Gasteiger charge is -2.23. The molecule has 2 rings (SSSR count). The van der Waals surface area contributed by atoms with Crippen molar-refractivity contribution in [2.75, 3.05) is 11.9 Å². The third-order valence-electron chi connectivity index (χ3n) is 2.97. The quantitative estimate of drug-likeness (QED) is 0.895. The predicted molar refractivity (Wildman–Crippen MR) is 73.4 cm³/mol. The molecule has 0 fully saturated rings. The van der Waals surface area contributed by atoms with Crippen LogP contribution in [0, 0.1) is 0 Å². The van der Waals surface area contributed by atoms with Gasteiger partial charge in [-0.2, -0.15) is 0 Å². The predicted octanol–water partition coefficient (Wildman–Crippen LogP) is 2.77. The molecule has 1 heterocycles. The van der Waals surface area contributed by atoms with Gasteiger partial charge in [0.05, 0.1) is 6.10 Å². The largest absolute Gasteiger partial charge is 0.389 e. The summed E-state index contributed by atoms with van der Waals surface area (Å²) in [6, 6.07) is 11.9. The van der Waals surface area contributed by atoms with Crippen molar-refractivity contribution in [3.05, 3.63) is 59.9 Å². The second-order valence-electron chi connectivity index (χ2n) is 4.45. The van der Waals surface area contributed by atoms with E-state index >= 15 is 0 Å². The van der Waals surface area contributed by atoms with Crippen LogP contribution < -0.4 is 4.90 Å². The van der Waals surface area contributed by atoms with E-state index in [2.05, 4.69) is 9.88 Å². The van der Waals surface area contributed by atoms with E-state index in [0.717, 1.165) is 17.8 Å². The van der Waals surface area contributed by atoms with E-state index in [0.29, 0.717) is 0 Å². The summed E-state index contributed by atoms with van der Waals surface area (Å²) in [6.07, 6.45) is 3.13. The molecular weight excluding hydrogens is 224 g/mol. The molecule has 0 unspecified atom stereocenters. The summed E-state index contributed by atoms with van der Waals surface area (Å²) < 4.78 is 0. The lowest BCUT2D eigenvalue weighted by Crippen LogP contribution is -2.18. The van der Waals surface area contributed by atoms with Gasteiger partial charge < -0.3 is 10.0 Å². The molecule has 3 nitrogen and oxygen atoms in total. The Morgan fingerprint density at radius 1 is 1.17 bits per heavy atom. The zero-order chi connectivity index (χ0) is 13.0. The van der Waals surface area contributed by atoms with Gasteiger partial charge in [-0.3, -0.25) is 4.98 Å². The summed E-state index contributed by atoms with van der Waals surface area (Å²) in [7, 11) is 2.03. The van der Waals surface area contributed by atoms with Crippen LogP contribution in [0.3, 0.4) is 0 Å². The first-order chi connectivity index (χ1) is 8.68. The van der Waals surface area contributed by atoms with Crippen molar-refractivity contribution >= 4 is 5.69 Å². The molecule has 3 heteroatoms. The van der Waals surface area contributed by atoms with Crippen molar-refractivity contribution in [3.63, 3.8) is 0 Å². The molecule has 2 aromatic rings. The van der Waals surface area contributed by atoms with Crippen molar-refractivity contribution in [2.24, 2.45) is 0 Å². The van der Waals surface area contributed by atoms with Crippen molar-refractivity contribution in [1.82, 2.24) is 4.98 Å². The van der Waals surface area contributed by atoms with Gasteiger partial charge in [0.1, 0.15) is 0 Å². The fraction of sp³-hybridized carbons (Fsp3) is 0.267. The number of aliphatic hydroxyl groups excluding tert-OH is 1. The number of para-hydroxylation sites is 1. The van der Waals surface area contributed by atoms with Gasteiger partial charge in [-0.25, -0.2) is 0 Å². The number of rotatable bonds is 4. The Morgan fingerprint density at radius 3 is 2.50 bits per heavy atom. The highest BCUT2D eigenvalue weighted by molar-refractivity contribution is 5.54. The monoisotopic (exact) mass is 242 g/mol. The Labute approximate surface area is 108 Å². The van der Waals surface area contributed by atoms with Crippen LogP contribution in [-0.2, 0) is 6.54 Å². The van der Waals surface area contributed by atoms with Gasteiger partial charge in [0, 0.05) is 37.2 Å². The first-order valence-electron chi connectivity index (χ1n) is 6.05. The molecule has 0 radical (unpaired) electrons. The first kappa shape index (κ1) is 12.6. The van der Waals surface area contributed by atoms with Gasteiger partial charge in [-0.05, 0) is 30.7 Å². The second kappa shape index (κ2) is 5.65. The normalized spacial score (nSPS) is 12.2. The first-order valence-corrected chi connectivity index (χ1v) is 6.05. The number of aliphatic hydroxyl groups is 1. The van der Waals surface area contributed by atoms with Crippen molar-refractivity contribution in [2.45, 2.75) is 19.6 Å². The van der Waals surface area contributed by atoms with Crippen LogP contribution in [0.2, 0.25) is 0 Å². The molecular formula is C15H18N2O. The summed E-state index contributed by atoms with van der Waals surface area (Å²) in [5.74, 6) is 0. The van der Waals surface area contributed by atoms with Crippen molar-refractivity contribution < 1.29 is 5.11 Å². The molecule has 0 aliphatic rings. The van der Waals surface area contributed by atoms with Crippen LogP contribution in [-0.4, -0.2) is 17.1 Å². The molecule has 0 bridgehead atoms. The zero-order valence-electron chi connectivity index (χ0n) is 10.7. The van der Waals surface area contributed by atoms with Crippen LogP contribution in [0.15, 0.2) is 48.8 Å². The SMILES string of the molecule is C[C@H](O)c1ccccc1N(C)Cc1ccncc1. The number of nitrogens with zero attached hydrogens (tertiary/aromatic N) is 2. The van der Waals surface area contributed by atoms with E-state index in [-0.39, 0.29) is 0 Å². The standard InChI is InChI=1S/C15H18N2O/c1-12(18)14-5-3-4-6-15(14)17(2)11-13-7-9-16-10-8-13/h3-10,12,18H,11H2,1-2H3/t12-/m0/s1. The lowest BCUT2D eigenvalue weighted by atomic mass is 10.1. The van der Waals surface area contributed by atoms with Gasteiger partial charge in [-0.1, -0.05) is 18.2 Å². The Bertz CT molecular complexity index is 497. The van der Waals surface area contributed by atoms with E-state index in [4.69, 9.17) is 0 Å². The zero-order valence-corrected chi connectivity index (χ0v) is 10.7. The van der Waals surface area contributed by atoms with E-state index in [1.807, 2.05) is 43.4 Å². The summed E-state index contributed by atoms with van der Waals surface area (Å²) in [5, 5.41) is 9.78. The number of benzene rings is 1. The highest BCUT2D eigenvalue weighted by Gasteiger charge is 2.10. The number of anilines is 1. The average Bonchev–Trinajstić information content (AvgIpc) is 2.40. The molecule has 0 spiro atoms. The fourth-order valence-corrected chi connectivity index (χ4v) is 2.04. The average molecular weight is 242 g/mol. The van der Waals surface area contributed by atoms with Gasteiger partial charge in [0.2, 0.25) is 0 Å².